The fourth-order valence-corrected chi connectivity index (χ4v) is 2.69. The van der Waals surface area contributed by atoms with Gasteiger partial charge in [0.1, 0.15) is 5.82 Å². The summed E-state index contributed by atoms with van der Waals surface area (Å²) in [5.74, 6) is -4.44. The predicted octanol–water partition coefficient (Wildman–Crippen LogP) is 1.58. The van der Waals surface area contributed by atoms with Crippen LogP contribution >= 0.6 is 0 Å². The van der Waals surface area contributed by atoms with Gasteiger partial charge in [-0.25, -0.2) is 14.0 Å². The number of carboxylic acids is 2. The SMILES string of the molecule is CCOC(=O)C1CCN(CCC(=O)Nc2ccccc2F)CC1.O=C(O)C(=O)O. The topological polar surface area (TPSA) is 133 Å². The van der Waals surface area contributed by atoms with Gasteiger partial charge in [-0.2, -0.15) is 0 Å². The number of aliphatic carboxylic acids is 2. The van der Waals surface area contributed by atoms with Gasteiger partial charge in [-0.1, -0.05) is 12.1 Å². The maximum absolute atomic E-state index is 13.5. The first-order chi connectivity index (χ1) is 13.7. The van der Waals surface area contributed by atoms with Gasteiger partial charge in [-0.15, -0.1) is 0 Å². The molecule has 1 aliphatic rings. The Bertz CT molecular complexity index is 706. The number of hydrogen-bond acceptors (Lipinski definition) is 6. The van der Waals surface area contributed by atoms with Gasteiger partial charge in [0.05, 0.1) is 18.2 Å². The number of rotatable bonds is 6. The van der Waals surface area contributed by atoms with E-state index in [0.29, 0.717) is 19.6 Å². The smallest absolute Gasteiger partial charge is 0.414 e. The lowest BCUT2D eigenvalue weighted by atomic mass is 9.97. The summed E-state index contributed by atoms with van der Waals surface area (Å²) < 4.78 is 18.5. The molecule has 0 radical (unpaired) electrons. The number of benzene rings is 1. The quantitative estimate of drug-likeness (QED) is 0.474. The highest BCUT2D eigenvalue weighted by molar-refractivity contribution is 6.27. The van der Waals surface area contributed by atoms with Gasteiger partial charge in [0, 0.05) is 13.0 Å². The highest BCUT2D eigenvalue weighted by Gasteiger charge is 2.26. The van der Waals surface area contributed by atoms with Crippen molar-refractivity contribution in [2.75, 3.05) is 31.6 Å². The van der Waals surface area contributed by atoms with E-state index in [9.17, 15) is 14.0 Å². The van der Waals surface area contributed by atoms with E-state index in [0.717, 1.165) is 25.9 Å². The highest BCUT2D eigenvalue weighted by atomic mass is 19.1. The number of likely N-dealkylation sites (tertiary alicyclic amines) is 1. The van der Waals surface area contributed by atoms with Crippen LogP contribution in [0.15, 0.2) is 24.3 Å². The van der Waals surface area contributed by atoms with Crippen molar-refractivity contribution in [1.29, 1.82) is 0 Å². The third kappa shape index (κ3) is 9.15. The summed E-state index contributed by atoms with van der Waals surface area (Å²) in [5.41, 5.74) is 0.207. The molecule has 0 aromatic heterocycles. The third-order valence-corrected chi connectivity index (χ3v) is 4.19. The van der Waals surface area contributed by atoms with Gasteiger partial charge in [-0.3, -0.25) is 9.59 Å². The van der Waals surface area contributed by atoms with Crippen LogP contribution in [-0.2, 0) is 23.9 Å². The van der Waals surface area contributed by atoms with Crippen LogP contribution in [-0.4, -0.2) is 65.2 Å². The number of nitrogens with zero attached hydrogens (tertiary/aromatic N) is 1. The number of nitrogens with one attached hydrogen (secondary N) is 1. The summed E-state index contributed by atoms with van der Waals surface area (Å²) in [7, 11) is 0. The van der Waals surface area contributed by atoms with Crippen molar-refractivity contribution < 1.29 is 38.5 Å². The first kappa shape index (κ1) is 24.0. The number of piperidine rings is 1. The Morgan fingerprint density at radius 1 is 1.14 bits per heavy atom. The minimum Gasteiger partial charge on any atom is -0.473 e. The van der Waals surface area contributed by atoms with Crippen molar-refractivity contribution >= 4 is 29.5 Å². The zero-order chi connectivity index (χ0) is 21.8. The lowest BCUT2D eigenvalue weighted by Crippen LogP contribution is -2.38. The second kappa shape index (κ2) is 12.4. The molecule has 1 saturated heterocycles. The van der Waals surface area contributed by atoms with Gasteiger partial charge in [0.15, 0.2) is 0 Å². The van der Waals surface area contributed by atoms with E-state index in [1.807, 2.05) is 0 Å². The van der Waals surface area contributed by atoms with Gasteiger partial charge in [0.2, 0.25) is 5.91 Å². The number of carbonyl (C=O) groups is 4. The average Bonchev–Trinajstić information content (AvgIpc) is 2.69. The van der Waals surface area contributed by atoms with Crippen LogP contribution < -0.4 is 5.32 Å². The molecular formula is C19H25FN2O7. The molecule has 0 unspecified atom stereocenters. The minimum absolute atomic E-state index is 0.0292. The standard InChI is InChI=1S/C17H23FN2O3.C2H2O4/c1-2-23-17(22)13-7-10-20(11-8-13)12-9-16(21)19-15-6-4-3-5-14(15)18;3-1(4)2(5)6/h3-6,13H,2,7-12H2,1H3,(H,19,21);(H,3,4)(H,5,6). The van der Waals surface area contributed by atoms with Crippen LogP contribution in [0, 0.1) is 11.7 Å². The Balaban J connectivity index is 0.000000612. The summed E-state index contributed by atoms with van der Waals surface area (Å²) in [6.45, 7) is 4.37. The summed E-state index contributed by atoms with van der Waals surface area (Å²) in [6.07, 6.45) is 1.82. The zero-order valence-electron chi connectivity index (χ0n) is 16.1. The molecular weight excluding hydrogens is 387 g/mol. The molecule has 9 nitrogen and oxygen atoms in total. The van der Waals surface area contributed by atoms with E-state index in [1.54, 1.807) is 19.1 Å². The molecule has 1 fully saturated rings. The molecule has 0 spiro atoms. The molecule has 2 rings (SSSR count). The average molecular weight is 412 g/mol. The van der Waals surface area contributed by atoms with E-state index in [2.05, 4.69) is 10.2 Å². The first-order valence-corrected chi connectivity index (χ1v) is 9.14. The fraction of sp³-hybridized carbons (Fsp3) is 0.474. The van der Waals surface area contributed by atoms with Crippen molar-refractivity contribution in [3.8, 4) is 0 Å². The number of anilines is 1. The lowest BCUT2D eigenvalue weighted by Gasteiger charge is -2.30. The zero-order valence-corrected chi connectivity index (χ0v) is 16.1. The first-order valence-electron chi connectivity index (χ1n) is 9.14. The fourth-order valence-electron chi connectivity index (χ4n) is 2.69. The van der Waals surface area contributed by atoms with E-state index >= 15 is 0 Å². The normalized spacial score (nSPS) is 14.3. The number of carboxylic acid groups (broad SMARTS) is 2. The summed E-state index contributed by atoms with van der Waals surface area (Å²) in [4.78, 5) is 43.9. The summed E-state index contributed by atoms with van der Waals surface area (Å²) in [6, 6.07) is 6.12. The highest BCUT2D eigenvalue weighted by Crippen LogP contribution is 2.19. The van der Waals surface area contributed by atoms with E-state index in [1.165, 1.54) is 12.1 Å². The molecule has 0 aliphatic carbocycles. The van der Waals surface area contributed by atoms with Crippen LogP contribution in [0.1, 0.15) is 26.2 Å². The Morgan fingerprint density at radius 2 is 1.72 bits per heavy atom. The molecule has 1 heterocycles. The van der Waals surface area contributed by atoms with Crippen molar-refractivity contribution in [1.82, 2.24) is 4.90 Å². The summed E-state index contributed by atoms with van der Waals surface area (Å²) >= 11 is 0. The number of halogens is 1. The molecule has 1 aromatic rings. The Labute approximate surface area is 167 Å². The van der Waals surface area contributed by atoms with Crippen LogP contribution in [0.5, 0.6) is 0 Å². The molecule has 0 atom stereocenters. The van der Waals surface area contributed by atoms with E-state index < -0.39 is 17.8 Å². The Morgan fingerprint density at radius 3 is 2.24 bits per heavy atom. The Hall–Kier alpha value is -3.01. The monoisotopic (exact) mass is 412 g/mol. The summed E-state index contributed by atoms with van der Waals surface area (Å²) in [5, 5.41) is 17.4. The molecule has 29 heavy (non-hydrogen) atoms. The van der Waals surface area contributed by atoms with Crippen LogP contribution in [0.3, 0.4) is 0 Å². The number of para-hydroxylation sites is 1. The van der Waals surface area contributed by atoms with Crippen LogP contribution in [0.4, 0.5) is 10.1 Å². The van der Waals surface area contributed by atoms with Crippen molar-refractivity contribution in [2.24, 2.45) is 5.92 Å². The van der Waals surface area contributed by atoms with Crippen molar-refractivity contribution in [3.63, 3.8) is 0 Å². The van der Waals surface area contributed by atoms with Gasteiger partial charge < -0.3 is 25.2 Å². The largest absolute Gasteiger partial charge is 0.473 e. The molecule has 0 bridgehead atoms. The molecule has 1 aliphatic heterocycles. The minimum atomic E-state index is -1.82. The Kier molecular flexibility index (Phi) is 10.3. The number of esters is 1. The van der Waals surface area contributed by atoms with Gasteiger partial charge >= 0.3 is 17.9 Å². The number of amides is 1. The maximum Gasteiger partial charge on any atom is 0.414 e. The molecule has 1 aromatic carbocycles. The molecule has 3 N–H and O–H groups in total. The number of hydrogen-bond donors (Lipinski definition) is 3. The van der Waals surface area contributed by atoms with Gasteiger partial charge in [-0.05, 0) is 45.0 Å². The molecule has 0 saturated carbocycles. The maximum atomic E-state index is 13.5. The van der Waals surface area contributed by atoms with E-state index in [-0.39, 0.29) is 23.5 Å². The number of carbonyl (C=O) groups excluding carboxylic acids is 2. The molecule has 10 heteroatoms. The second-order valence-electron chi connectivity index (χ2n) is 6.26. The van der Waals surface area contributed by atoms with Crippen molar-refractivity contribution in [2.45, 2.75) is 26.2 Å². The molecule has 1 amide bonds. The van der Waals surface area contributed by atoms with Gasteiger partial charge in [0.25, 0.3) is 0 Å². The number of ether oxygens (including phenoxy) is 1. The second-order valence-corrected chi connectivity index (χ2v) is 6.26. The van der Waals surface area contributed by atoms with Crippen LogP contribution in [0.25, 0.3) is 0 Å². The lowest BCUT2D eigenvalue weighted by molar-refractivity contribution is -0.159. The third-order valence-electron chi connectivity index (χ3n) is 4.19. The predicted molar refractivity (Wildman–Crippen MR) is 101 cm³/mol. The van der Waals surface area contributed by atoms with Crippen molar-refractivity contribution in [3.05, 3.63) is 30.1 Å². The van der Waals surface area contributed by atoms with Crippen LogP contribution in [0.2, 0.25) is 0 Å². The van der Waals surface area contributed by atoms with E-state index in [4.69, 9.17) is 24.5 Å². The molecule has 160 valence electrons.